The highest BCUT2D eigenvalue weighted by Gasteiger charge is 2.35. The first-order chi connectivity index (χ1) is 11.0. The maximum Gasteiger partial charge on any atom is 0.237 e. The Hall–Kier alpha value is -2.06. The molecule has 0 radical (unpaired) electrons. The molecule has 1 aromatic carbocycles. The molecule has 6 nitrogen and oxygen atoms in total. The van der Waals surface area contributed by atoms with Crippen molar-refractivity contribution in [1.82, 2.24) is 14.9 Å². The Bertz CT molecular complexity index is 1020. The van der Waals surface area contributed by atoms with E-state index in [9.17, 15) is 14.4 Å². The number of nitrogens with zero attached hydrogens (tertiary/aromatic N) is 2. The summed E-state index contributed by atoms with van der Waals surface area (Å²) in [5.74, 6) is -1.30. The van der Waals surface area contributed by atoms with Gasteiger partial charge in [0, 0.05) is 23.2 Å². The van der Waals surface area contributed by atoms with Crippen LogP contribution in [-0.4, -0.2) is 27.3 Å². The number of hydrogen-bond acceptors (Lipinski definition) is 5. The second-order valence-electron chi connectivity index (χ2n) is 5.39. The SMILES string of the molecule is CC(=O)n1c2ccc(Br)cc2c2nc(C3CC(=O)NC3=O)sc21. The lowest BCUT2D eigenvalue weighted by molar-refractivity contribution is -0.125. The molecule has 0 saturated carbocycles. The van der Waals surface area contributed by atoms with Crippen LogP contribution < -0.4 is 5.32 Å². The number of rotatable bonds is 1. The summed E-state index contributed by atoms with van der Waals surface area (Å²) in [5, 5.41) is 3.70. The van der Waals surface area contributed by atoms with Crippen molar-refractivity contribution >= 4 is 66.2 Å². The summed E-state index contributed by atoms with van der Waals surface area (Å²) in [4.78, 5) is 40.6. The van der Waals surface area contributed by atoms with Gasteiger partial charge in [-0.3, -0.25) is 24.3 Å². The van der Waals surface area contributed by atoms with Gasteiger partial charge in [0.25, 0.3) is 0 Å². The van der Waals surface area contributed by atoms with Gasteiger partial charge in [0.1, 0.15) is 15.4 Å². The van der Waals surface area contributed by atoms with E-state index in [4.69, 9.17) is 0 Å². The zero-order valence-electron chi connectivity index (χ0n) is 11.9. The van der Waals surface area contributed by atoms with Gasteiger partial charge >= 0.3 is 0 Å². The molecule has 1 N–H and O–H groups in total. The van der Waals surface area contributed by atoms with E-state index in [-0.39, 0.29) is 24.1 Å². The molecule has 1 unspecified atom stereocenters. The number of imide groups is 1. The van der Waals surface area contributed by atoms with Gasteiger partial charge < -0.3 is 0 Å². The first kappa shape index (κ1) is 14.5. The Morgan fingerprint density at radius 3 is 2.87 bits per heavy atom. The third kappa shape index (κ3) is 2.13. The number of halogens is 1. The molecule has 2 aromatic heterocycles. The maximum atomic E-state index is 12.1. The number of hydrogen-bond donors (Lipinski definition) is 1. The molecule has 116 valence electrons. The Kier molecular flexibility index (Phi) is 3.14. The number of carbonyl (C=O) groups excluding carboxylic acids is 3. The topological polar surface area (TPSA) is 81.1 Å². The van der Waals surface area contributed by atoms with Gasteiger partial charge in [-0.1, -0.05) is 27.3 Å². The normalized spacial score (nSPS) is 18.1. The fourth-order valence-electron chi connectivity index (χ4n) is 2.87. The van der Waals surface area contributed by atoms with Crippen molar-refractivity contribution in [3.05, 3.63) is 27.7 Å². The Labute approximate surface area is 142 Å². The van der Waals surface area contributed by atoms with Crippen molar-refractivity contribution in [1.29, 1.82) is 0 Å². The second kappa shape index (κ2) is 4.97. The average Bonchev–Trinajstić information content (AvgIpc) is 3.10. The zero-order valence-corrected chi connectivity index (χ0v) is 14.3. The minimum absolute atomic E-state index is 0.108. The zero-order chi connectivity index (χ0) is 16.3. The molecule has 0 bridgehead atoms. The fourth-order valence-corrected chi connectivity index (χ4v) is 4.47. The van der Waals surface area contributed by atoms with Gasteiger partial charge in [0.2, 0.25) is 17.7 Å². The standard InChI is InChI=1S/C15H10BrN3O3S/c1-6(20)19-10-3-2-7(16)4-8(10)12-15(19)23-14(18-12)9-5-11(21)17-13(9)22/h2-4,9H,5H2,1H3,(H,17,21,22). The Morgan fingerprint density at radius 1 is 1.43 bits per heavy atom. The summed E-state index contributed by atoms with van der Waals surface area (Å²) in [5.41, 5.74) is 1.47. The number of carbonyl (C=O) groups is 3. The van der Waals surface area contributed by atoms with E-state index >= 15 is 0 Å². The van der Waals surface area contributed by atoms with E-state index in [2.05, 4.69) is 26.2 Å². The minimum atomic E-state index is -0.567. The van der Waals surface area contributed by atoms with Gasteiger partial charge in [0.15, 0.2) is 0 Å². The second-order valence-corrected chi connectivity index (χ2v) is 7.32. The first-order valence-electron chi connectivity index (χ1n) is 6.90. The summed E-state index contributed by atoms with van der Waals surface area (Å²) < 4.78 is 2.49. The molecule has 0 spiro atoms. The van der Waals surface area contributed by atoms with Gasteiger partial charge in [-0.05, 0) is 18.2 Å². The molecule has 3 heterocycles. The summed E-state index contributed by atoms with van der Waals surface area (Å²) in [6.07, 6.45) is 0.108. The number of benzene rings is 1. The predicted molar refractivity (Wildman–Crippen MR) is 89.6 cm³/mol. The lowest BCUT2D eigenvalue weighted by atomic mass is 10.1. The smallest absolute Gasteiger partial charge is 0.237 e. The molecule has 1 atom stereocenters. The highest BCUT2D eigenvalue weighted by molar-refractivity contribution is 9.10. The molecule has 2 amide bonds. The molecule has 8 heteroatoms. The fraction of sp³-hybridized carbons (Fsp3) is 0.200. The number of fused-ring (bicyclic) bond motifs is 3. The molecule has 23 heavy (non-hydrogen) atoms. The molecule has 0 aliphatic carbocycles. The summed E-state index contributed by atoms with van der Waals surface area (Å²) in [7, 11) is 0. The molecule has 4 rings (SSSR count). The molecule has 3 aromatic rings. The van der Waals surface area contributed by atoms with Crippen LogP contribution in [0, 0.1) is 0 Å². The number of aromatic nitrogens is 2. The Balaban J connectivity index is 2.00. The van der Waals surface area contributed by atoms with Crippen LogP contribution >= 0.6 is 27.3 Å². The van der Waals surface area contributed by atoms with E-state index < -0.39 is 5.92 Å². The van der Waals surface area contributed by atoms with Crippen LogP contribution in [0.2, 0.25) is 0 Å². The molecular weight excluding hydrogens is 382 g/mol. The molecule has 1 fully saturated rings. The van der Waals surface area contributed by atoms with Crippen LogP contribution in [0.1, 0.15) is 29.1 Å². The average molecular weight is 392 g/mol. The predicted octanol–water partition coefficient (Wildman–Crippen LogP) is 2.80. The summed E-state index contributed by atoms with van der Waals surface area (Å²) in [6.45, 7) is 1.49. The Morgan fingerprint density at radius 2 is 2.22 bits per heavy atom. The van der Waals surface area contributed by atoms with Crippen LogP contribution in [0.15, 0.2) is 22.7 Å². The van der Waals surface area contributed by atoms with E-state index in [1.54, 1.807) is 4.57 Å². The van der Waals surface area contributed by atoms with Crippen molar-refractivity contribution in [3.63, 3.8) is 0 Å². The van der Waals surface area contributed by atoms with Crippen molar-refractivity contribution < 1.29 is 14.4 Å². The minimum Gasteiger partial charge on any atom is -0.296 e. The van der Waals surface area contributed by atoms with Crippen LogP contribution in [0.5, 0.6) is 0 Å². The van der Waals surface area contributed by atoms with E-state index in [0.29, 0.717) is 15.4 Å². The third-order valence-electron chi connectivity index (χ3n) is 3.87. The van der Waals surface area contributed by atoms with Crippen LogP contribution in [0.25, 0.3) is 21.3 Å². The first-order valence-corrected chi connectivity index (χ1v) is 8.51. The molecular formula is C15H10BrN3O3S. The van der Waals surface area contributed by atoms with Crippen molar-refractivity contribution in [2.45, 2.75) is 19.3 Å². The lowest BCUT2D eigenvalue weighted by Gasteiger charge is -2.02. The van der Waals surface area contributed by atoms with E-state index in [1.165, 1.54) is 18.3 Å². The number of thiazole rings is 1. The quantitative estimate of drug-likeness (QED) is 0.646. The van der Waals surface area contributed by atoms with Gasteiger partial charge in [0.05, 0.1) is 11.4 Å². The van der Waals surface area contributed by atoms with Gasteiger partial charge in [-0.15, -0.1) is 0 Å². The van der Waals surface area contributed by atoms with Crippen LogP contribution in [0.3, 0.4) is 0 Å². The maximum absolute atomic E-state index is 12.1. The van der Waals surface area contributed by atoms with Gasteiger partial charge in [-0.2, -0.15) is 0 Å². The molecule has 1 aliphatic rings. The highest BCUT2D eigenvalue weighted by atomic mass is 79.9. The van der Waals surface area contributed by atoms with E-state index in [1.807, 2.05) is 18.2 Å². The van der Waals surface area contributed by atoms with Crippen molar-refractivity contribution in [3.8, 4) is 0 Å². The molecule has 1 saturated heterocycles. The van der Waals surface area contributed by atoms with Crippen LogP contribution in [-0.2, 0) is 9.59 Å². The highest BCUT2D eigenvalue weighted by Crippen LogP contribution is 2.38. The number of nitrogens with one attached hydrogen (secondary N) is 1. The largest absolute Gasteiger partial charge is 0.296 e. The van der Waals surface area contributed by atoms with Crippen molar-refractivity contribution in [2.75, 3.05) is 0 Å². The summed E-state index contributed by atoms with van der Waals surface area (Å²) >= 11 is 4.72. The van der Waals surface area contributed by atoms with E-state index in [0.717, 1.165) is 15.4 Å². The van der Waals surface area contributed by atoms with Crippen LogP contribution in [0.4, 0.5) is 0 Å². The van der Waals surface area contributed by atoms with Crippen molar-refractivity contribution in [2.24, 2.45) is 0 Å². The third-order valence-corrected chi connectivity index (χ3v) is 5.51. The summed E-state index contributed by atoms with van der Waals surface area (Å²) in [6, 6.07) is 5.64. The molecule has 1 aliphatic heterocycles. The lowest BCUT2D eigenvalue weighted by Crippen LogP contribution is -2.21. The van der Waals surface area contributed by atoms with Gasteiger partial charge in [-0.25, -0.2) is 4.98 Å². The monoisotopic (exact) mass is 391 g/mol. The number of amides is 2.